The lowest BCUT2D eigenvalue weighted by Crippen LogP contribution is -2.45. The summed E-state index contributed by atoms with van der Waals surface area (Å²) in [6.45, 7) is 15.4. The Hall–Kier alpha value is -0.200. The Balaban J connectivity index is 4.90. The zero-order valence-electron chi connectivity index (χ0n) is 15.0. The highest BCUT2D eigenvalue weighted by Gasteiger charge is 2.39. The molecule has 0 aliphatic heterocycles. The van der Waals surface area contributed by atoms with Crippen molar-refractivity contribution in [1.82, 2.24) is 0 Å². The van der Waals surface area contributed by atoms with Gasteiger partial charge in [0.2, 0.25) is 0 Å². The van der Waals surface area contributed by atoms with E-state index in [4.69, 9.17) is 19.6 Å². The van der Waals surface area contributed by atoms with Crippen LogP contribution in [0.4, 0.5) is 0 Å². The van der Waals surface area contributed by atoms with E-state index in [9.17, 15) is 5.11 Å². The third-order valence-electron chi connectivity index (χ3n) is 3.50. The first-order valence-corrected chi connectivity index (χ1v) is 7.86. The summed E-state index contributed by atoms with van der Waals surface area (Å²) in [5.41, 5.74) is -0.915. The summed E-state index contributed by atoms with van der Waals surface area (Å²) in [5.74, 6) is -1.06. The van der Waals surface area contributed by atoms with Crippen molar-refractivity contribution >= 4 is 0 Å². The van der Waals surface area contributed by atoms with Crippen LogP contribution in [0.3, 0.4) is 0 Å². The van der Waals surface area contributed by atoms with Crippen LogP contribution in [0.2, 0.25) is 0 Å². The van der Waals surface area contributed by atoms with Gasteiger partial charge in [0, 0.05) is 6.42 Å². The summed E-state index contributed by atoms with van der Waals surface area (Å²) in [5, 5.41) is 9.75. The van der Waals surface area contributed by atoms with Crippen molar-refractivity contribution in [2.75, 3.05) is 6.61 Å². The van der Waals surface area contributed by atoms with Crippen molar-refractivity contribution in [3.63, 3.8) is 0 Å². The minimum Gasteiger partial charge on any atom is -0.391 e. The highest BCUT2D eigenvalue weighted by atomic mass is 17.3. The molecule has 0 aliphatic rings. The van der Waals surface area contributed by atoms with Crippen molar-refractivity contribution in [3.05, 3.63) is 0 Å². The van der Waals surface area contributed by atoms with Gasteiger partial charge in [0.25, 0.3) is 5.79 Å². The van der Waals surface area contributed by atoms with Crippen LogP contribution in [-0.2, 0) is 19.6 Å². The fourth-order valence-corrected chi connectivity index (χ4v) is 1.32. The third-order valence-corrected chi connectivity index (χ3v) is 3.50. The second kappa shape index (κ2) is 8.44. The molecular weight excluding hydrogens is 272 g/mol. The van der Waals surface area contributed by atoms with Gasteiger partial charge in [0.05, 0.1) is 11.2 Å². The third kappa shape index (κ3) is 8.12. The number of hydrogen-bond acceptors (Lipinski definition) is 5. The van der Waals surface area contributed by atoms with Crippen molar-refractivity contribution in [3.8, 4) is 0 Å². The molecule has 0 aromatic heterocycles. The number of aliphatic hydroxyl groups is 1. The molecule has 0 bridgehead atoms. The van der Waals surface area contributed by atoms with Crippen molar-refractivity contribution in [2.24, 2.45) is 5.92 Å². The van der Waals surface area contributed by atoms with Crippen LogP contribution in [0.15, 0.2) is 0 Å². The summed E-state index contributed by atoms with van der Waals surface area (Å²) in [6, 6.07) is 0. The van der Waals surface area contributed by atoms with E-state index >= 15 is 0 Å². The van der Waals surface area contributed by atoms with Crippen LogP contribution in [0, 0.1) is 5.92 Å². The highest BCUT2D eigenvalue weighted by Crippen LogP contribution is 2.29. The molecular formula is C16H34O5. The number of rotatable bonds is 11. The number of hydrogen-bond donors (Lipinski definition) is 1. The van der Waals surface area contributed by atoms with Gasteiger partial charge in [-0.25, -0.2) is 9.78 Å². The van der Waals surface area contributed by atoms with Crippen molar-refractivity contribution < 1.29 is 24.7 Å². The molecule has 0 rings (SSSR count). The summed E-state index contributed by atoms with van der Waals surface area (Å²) >= 11 is 0. The molecule has 0 spiro atoms. The molecule has 1 N–H and O–H groups in total. The molecule has 0 radical (unpaired) electrons. The normalized spacial score (nSPS) is 14.0. The van der Waals surface area contributed by atoms with Gasteiger partial charge < -0.3 is 5.11 Å². The van der Waals surface area contributed by atoms with E-state index < -0.39 is 17.0 Å². The van der Waals surface area contributed by atoms with Crippen LogP contribution >= 0.6 is 0 Å². The lowest BCUT2D eigenvalue weighted by Gasteiger charge is -2.36. The smallest absolute Gasteiger partial charge is 0.256 e. The molecule has 0 aromatic carbocycles. The molecule has 5 nitrogen and oxygen atoms in total. The maximum absolute atomic E-state index is 9.75. The van der Waals surface area contributed by atoms with Gasteiger partial charge in [-0.15, -0.1) is 0 Å². The van der Waals surface area contributed by atoms with Gasteiger partial charge in [-0.3, -0.25) is 0 Å². The van der Waals surface area contributed by atoms with E-state index in [1.807, 2.05) is 55.4 Å². The van der Waals surface area contributed by atoms with Gasteiger partial charge in [0.15, 0.2) is 0 Å². The van der Waals surface area contributed by atoms with E-state index in [0.717, 1.165) is 12.8 Å². The molecule has 0 heterocycles. The molecule has 0 fully saturated rings. The van der Waals surface area contributed by atoms with Gasteiger partial charge in [0.1, 0.15) is 6.61 Å². The lowest BCUT2D eigenvalue weighted by molar-refractivity contribution is -0.549. The second-order valence-electron chi connectivity index (χ2n) is 7.23. The summed E-state index contributed by atoms with van der Waals surface area (Å²) in [7, 11) is 0. The minimum absolute atomic E-state index is 0.249. The average Bonchev–Trinajstić information content (AvgIpc) is 2.42. The van der Waals surface area contributed by atoms with Crippen LogP contribution < -0.4 is 0 Å². The molecule has 0 saturated heterocycles. The van der Waals surface area contributed by atoms with Crippen LogP contribution in [0.25, 0.3) is 0 Å². The Morgan fingerprint density at radius 3 is 1.43 bits per heavy atom. The average molecular weight is 306 g/mol. The topological polar surface area (TPSA) is 57.2 Å². The Morgan fingerprint density at radius 1 is 0.810 bits per heavy atom. The second-order valence-corrected chi connectivity index (χ2v) is 7.23. The monoisotopic (exact) mass is 306 g/mol. The first-order chi connectivity index (χ1) is 9.51. The maximum Gasteiger partial charge on any atom is 0.256 e. The van der Waals surface area contributed by atoms with Crippen LogP contribution in [0.5, 0.6) is 0 Å². The molecule has 21 heavy (non-hydrogen) atoms. The van der Waals surface area contributed by atoms with E-state index in [0.29, 0.717) is 6.42 Å². The van der Waals surface area contributed by atoms with E-state index in [1.165, 1.54) is 0 Å². The lowest BCUT2D eigenvalue weighted by atomic mass is 10.0. The largest absolute Gasteiger partial charge is 0.391 e. The maximum atomic E-state index is 9.75. The Labute approximate surface area is 129 Å². The van der Waals surface area contributed by atoms with Gasteiger partial charge in [-0.1, -0.05) is 27.7 Å². The van der Waals surface area contributed by atoms with Gasteiger partial charge in [-0.05, 0) is 46.5 Å². The zero-order chi connectivity index (χ0) is 16.7. The van der Waals surface area contributed by atoms with Crippen LogP contribution in [-0.4, -0.2) is 28.7 Å². The van der Waals surface area contributed by atoms with Crippen LogP contribution in [0.1, 0.15) is 74.7 Å². The summed E-state index contributed by atoms with van der Waals surface area (Å²) in [6.07, 6.45) is 2.01. The van der Waals surface area contributed by atoms with E-state index in [-0.39, 0.29) is 12.5 Å². The fourth-order valence-electron chi connectivity index (χ4n) is 1.32. The zero-order valence-corrected chi connectivity index (χ0v) is 15.0. The minimum atomic E-state index is -1.31. The Kier molecular flexibility index (Phi) is 8.36. The quantitative estimate of drug-likeness (QED) is 0.355. The first kappa shape index (κ1) is 20.8. The van der Waals surface area contributed by atoms with Crippen molar-refractivity contribution in [1.29, 1.82) is 0 Å². The molecule has 5 heteroatoms. The molecule has 0 amide bonds. The first-order valence-electron chi connectivity index (χ1n) is 7.86. The molecule has 0 aliphatic carbocycles. The van der Waals surface area contributed by atoms with Gasteiger partial charge in [-0.2, -0.15) is 9.78 Å². The fraction of sp³-hybridized carbons (Fsp3) is 1.00. The SMILES string of the molecule is CCC(C)(C)OOC(CO)(CC(C)C)OOC(C)(C)CC. The summed E-state index contributed by atoms with van der Waals surface area (Å²) < 4.78 is 0. The molecule has 0 aromatic rings. The van der Waals surface area contributed by atoms with Gasteiger partial charge >= 0.3 is 0 Å². The Morgan fingerprint density at radius 2 is 1.19 bits per heavy atom. The molecule has 0 atom stereocenters. The Bertz CT molecular complexity index is 266. The van der Waals surface area contributed by atoms with E-state index in [2.05, 4.69) is 0 Å². The van der Waals surface area contributed by atoms with Crippen molar-refractivity contribution in [2.45, 2.75) is 91.6 Å². The number of aliphatic hydroxyl groups excluding tert-OH is 1. The molecule has 128 valence electrons. The molecule has 0 unspecified atom stereocenters. The van der Waals surface area contributed by atoms with E-state index in [1.54, 1.807) is 0 Å². The molecule has 0 saturated carbocycles. The summed E-state index contributed by atoms with van der Waals surface area (Å²) in [4.78, 5) is 21.9. The predicted molar refractivity (Wildman–Crippen MR) is 82.4 cm³/mol. The standard InChI is InChI=1S/C16H34O5/c1-9-14(5,6)18-20-16(12-17,11-13(3)4)21-19-15(7,8)10-2/h13,17H,9-12H2,1-8H3. The highest BCUT2D eigenvalue weighted by molar-refractivity contribution is 4.71. The predicted octanol–water partition coefficient (Wildman–Crippen LogP) is 3.99.